The zero-order chi connectivity index (χ0) is 11.6. The van der Waals surface area contributed by atoms with Crippen LogP contribution in [0, 0.1) is 0 Å². The summed E-state index contributed by atoms with van der Waals surface area (Å²) in [6.07, 6.45) is 2.41. The largest absolute Gasteiger partial charge is 0.317 e. The monoisotopic (exact) mass is 297 g/mol. The molecule has 1 aliphatic heterocycles. The number of nitrogens with one attached hydrogen (secondary N) is 1. The van der Waals surface area contributed by atoms with Gasteiger partial charge in [0.15, 0.2) is 14.9 Å². The van der Waals surface area contributed by atoms with Gasteiger partial charge >= 0.3 is 0 Å². The first-order valence-electron chi connectivity index (χ1n) is 5.03. The lowest BCUT2D eigenvalue weighted by molar-refractivity contribution is 0.494. The normalized spacial score (nSPS) is 17.5. The van der Waals surface area contributed by atoms with Crippen LogP contribution in [0.2, 0.25) is 5.15 Å². The minimum atomic E-state index is -3.36. The third-order valence-corrected chi connectivity index (χ3v) is 4.99. The first-order chi connectivity index (χ1) is 7.60. The van der Waals surface area contributed by atoms with Crippen molar-refractivity contribution >= 4 is 33.8 Å². The van der Waals surface area contributed by atoms with E-state index in [0.29, 0.717) is 12.8 Å². The average molecular weight is 298 g/mol. The van der Waals surface area contributed by atoms with E-state index in [9.17, 15) is 8.42 Å². The van der Waals surface area contributed by atoms with Crippen LogP contribution in [0.4, 0.5) is 0 Å². The van der Waals surface area contributed by atoms with Gasteiger partial charge < -0.3 is 5.32 Å². The fourth-order valence-corrected chi connectivity index (χ4v) is 3.63. The molecule has 1 aromatic rings. The van der Waals surface area contributed by atoms with Crippen LogP contribution < -0.4 is 5.32 Å². The zero-order valence-corrected chi connectivity index (χ0v) is 11.4. The molecule has 0 aromatic carbocycles. The third kappa shape index (κ3) is 3.28. The van der Waals surface area contributed by atoms with Gasteiger partial charge in [-0.1, -0.05) is 11.6 Å². The van der Waals surface area contributed by atoms with Crippen molar-refractivity contribution in [1.29, 1.82) is 0 Å². The Kier molecular flexibility index (Phi) is 5.12. The number of hydrogen-bond donors (Lipinski definition) is 1. The standard InChI is InChI=1S/C9H12ClN3O2S.ClH/c10-8-5-9(13-6-12-8)16(14,15)7-1-3-11-4-2-7;/h5-7,11H,1-4H2;1H. The van der Waals surface area contributed by atoms with Crippen LogP contribution >= 0.6 is 24.0 Å². The summed E-state index contributed by atoms with van der Waals surface area (Å²) < 4.78 is 24.3. The van der Waals surface area contributed by atoms with Gasteiger partial charge in [0.25, 0.3) is 0 Å². The molecule has 2 heterocycles. The van der Waals surface area contributed by atoms with E-state index in [-0.39, 0.29) is 27.8 Å². The molecular formula is C9H13Cl2N3O2S. The highest BCUT2D eigenvalue weighted by atomic mass is 35.5. The number of aromatic nitrogens is 2. The highest BCUT2D eigenvalue weighted by molar-refractivity contribution is 7.92. The molecule has 0 amide bonds. The van der Waals surface area contributed by atoms with E-state index in [0.717, 1.165) is 13.1 Å². The van der Waals surface area contributed by atoms with Gasteiger partial charge in [-0.3, -0.25) is 0 Å². The molecule has 1 N–H and O–H groups in total. The van der Waals surface area contributed by atoms with Crippen molar-refractivity contribution < 1.29 is 8.42 Å². The number of rotatable bonds is 2. The Morgan fingerprint density at radius 2 is 1.94 bits per heavy atom. The van der Waals surface area contributed by atoms with Gasteiger partial charge in [-0.05, 0) is 25.9 Å². The van der Waals surface area contributed by atoms with Gasteiger partial charge in [0, 0.05) is 6.07 Å². The van der Waals surface area contributed by atoms with Crippen LogP contribution in [-0.2, 0) is 9.84 Å². The predicted octanol–water partition coefficient (Wildman–Crippen LogP) is 1.08. The van der Waals surface area contributed by atoms with E-state index in [1.165, 1.54) is 12.4 Å². The lowest BCUT2D eigenvalue weighted by atomic mass is 10.2. The summed E-state index contributed by atoms with van der Waals surface area (Å²) in [7, 11) is -3.36. The third-order valence-electron chi connectivity index (χ3n) is 2.63. The Balaban J connectivity index is 0.00000144. The molecule has 96 valence electrons. The molecule has 1 aliphatic rings. The molecule has 0 radical (unpaired) electrons. The molecule has 0 saturated carbocycles. The van der Waals surface area contributed by atoms with E-state index >= 15 is 0 Å². The van der Waals surface area contributed by atoms with Crippen LogP contribution in [0.5, 0.6) is 0 Å². The van der Waals surface area contributed by atoms with Crippen LogP contribution in [0.3, 0.4) is 0 Å². The SMILES string of the molecule is Cl.O=S(=O)(c1cc(Cl)ncn1)C1CCNCC1. The van der Waals surface area contributed by atoms with Crippen LogP contribution in [0.15, 0.2) is 17.4 Å². The number of nitrogens with zero attached hydrogens (tertiary/aromatic N) is 2. The minimum Gasteiger partial charge on any atom is -0.317 e. The number of hydrogen-bond acceptors (Lipinski definition) is 5. The molecule has 8 heteroatoms. The molecule has 2 rings (SSSR count). The molecule has 0 aliphatic carbocycles. The van der Waals surface area contributed by atoms with E-state index in [4.69, 9.17) is 11.6 Å². The highest BCUT2D eigenvalue weighted by Gasteiger charge is 2.30. The zero-order valence-electron chi connectivity index (χ0n) is 8.97. The summed E-state index contributed by atoms with van der Waals surface area (Å²) in [4.78, 5) is 7.46. The van der Waals surface area contributed by atoms with Crippen molar-refractivity contribution in [2.24, 2.45) is 0 Å². The lowest BCUT2D eigenvalue weighted by Gasteiger charge is -2.22. The van der Waals surface area contributed by atoms with Crippen LogP contribution in [-0.4, -0.2) is 36.7 Å². The average Bonchev–Trinajstić information content (AvgIpc) is 2.30. The number of piperidine rings is 1. The first kappa shape index (κ1) is 14.6. The molecule has 17 heavy (non-hydrogen) atoms. The molecule has 5 nitrogen and oxygen atoms in total. The number of halogens is 2. The summed E-state index contributed by atoms with van der Waals surface area (Å²) in [5.74, 6) is 0. The van der Waals surface area contributed by atoms with Gasteiger partial charge in [0.2, 0.25) is 0 Å². The topological polar surface area (TPSA) is 72.0 Å². The second-order valence-electron chi connectivity index (χ2n) is 3.67. The maximum atomic E-state index is 12.2. The Hall–Kier alpha value is -0.430. The van der Waals surface area contributed by atoms with Crippen molar-refractivity contribution in [2.45, 2.75) is 23.1 Å². The van der Waals surface area contributed by atoms with Gasteiger partial charge in [0.05, 0.1) is 5.25 Å². The Bertz CT molecular complexity index is 475. The second kappa shape index (κ2) is 5.95. The van der Waals surface area contributed by atoms with Crippen molar-refractivity contribution in [3.8, 4) is 0 Å². The van der Waals surface area contributed by atoms with E-state index < -0.39 is 9.84 Å². The molecule has 1 fully saturated rings. The Morgan fingerprint density at radius 3 is 2.53 bits per heavy atom. The van der Waals surface area contributed by atoms with Gasteiger partial charge in [-0.2, -0.15) is 0 Å². The summed E-state index contributed by atoms with van der Waals surface area (Å²) in [6.45, 7) is 1.45. The molecular weight excluding hydrogens is 285 g/mol. The van der Waals surface area contributed by atoms with E-state index in [1.54, 1.807) is 0 Å². The molecule has 0 unspecified atom stereocenters. The predicted molar refractivity (Wildman–Crippen MR) is 67.4 cm³/mol. The fraction of sp³-hybridized carbons (Fsp3) is 0.556. The highest BCUT2D eigenvalue weighted by Crippen LogP contribution is 2.21. The second-order valence-corrected chi connectivity index (χ2v) is 6.24. The van der Waals surface area contributed by atoms with Gasteiger partial charge in [-0.25, -0.2) is 18.4 Å². The van der Waals surface area contributed by atoms with Crippen LogP contribution in [0.1, 0.15) is 12.8 Å². The number of sulfone groups is 1. The molecule has 0 bridgehead atoms. The minimum absolute atomic E-state index is 0. The Morgan fingerprint density at radius 1 is 1.29 bits per heavy atom. The summed E-state index contributed by atoms with van der Waals surface area (Å²) >= 11 is 5.66. The first-order valence-corrected chi connectivity index (χ1v) is 6.95. The van der Waals surface area contributed by atoms with Crippen molar-refractivity contribution in [2.75, 3.05) is 13.1 Å². The van der Waals surface area contributed by atoms with Gasteiger partial charge in [-0.15, -0.1) is 12.4 Å². The fourth-order valence-electron chi connectivity index (χ4n) is 1.75. The van der Waals surface area contributed by atoms with Crippen molar-refractivity contribution in [3.05, 3.63) is 17.5 Å². The van der Waals surface area contributed by atoms with Gasteiger partial charge in [0.1, 0.15) is 11.5 Å². The Labute approximate surface area is 111 Å². The maximum absolute atomic E-state index is 12.2. The summed E-state index contributed by atoms with van der Waals surface area (Å²) in [5, 5.41) is 2.95. The molecule has 1 saturated heterocycles. The van der Waals surface area contributed by atoms with E-state index in [2.05, 4.69) is 15.3 Å². The summed E-state index contributed by atoms with van der Waals surface area (Å²) in [6, 6.07) is 1.30. The van der Waals surface area contributed by atoms with E-state index in [1.807, 2.05) is 0 Å². The van der Waals surface area contributed by atoms with Crippen LogP contribution in [0.25, 0.3) is 0 Å². The summed E-state index contributed by atoms with van der Waals surface area (Å²) in [5.41, 5.74) is 0. The maximum Gasteiger partial charge on any atom is 0.198 e. The smallest absolute Gasteiger partial charge is 0.198 e. The van der Waals surface area contributed by atoms with Crippen molar-refractivity contribution in [3.63, 3.8) is 0 Å². The molecule has 0 spiro atoms. The quantitative estimate of drug-likeness (QED) is 0.827. The lowest BCUT2D eigenvalue weighted by Crippen LogP contribution is -2.36. The molecule has 1 aromatic heterocycles. The van der Waals surface area contributed by atoms with Crippen molar-refractivity contribution in [1.82, 2.24) is 15.3 Å². The molecule has 0 atom stereocenters.